The predicted octanol–water partition coefficient (Wildman–Crippen LogP) is 5.04. The van der Waals surface area contributed by atoms with Crippen LogP contribution in [0.5, 0.6) is 0 Å². The molecule has 3 aromatic heterocycles. The first-order valence-electron chi connectivity index (χ1n) is 11.3. The van der Waals surface area contributed by atoms with Gasteiger partial charge in [0.1, 0.15) is 11.3 Å². The van der Waals surface area contributed by atoms with Crippen LogP contribution in [0.1, 0.15) is 59.8 Å². The van der Waals surface area contributed by atoms with Crippen LogP contribution in [0.25, 0.3) is 11.2 Å². The lowest BCUT2D eigenvalue weighted by Crippen LogP contribution is -2.22. The molecule has 0 aliphatic heterocycles. The topological polar surface area (TPSA) is 73.6 Å². The number of aromatic nitrogens is 5. The minimum absolute atomic E-state index is 0.00750. The number of nitrogens with zero attached hydrogens (tertiary/aromatic N) is 5. The summed E-state index contributed by atoms with van der Waals surface area (Å²) in [6.07, 6.45) is 9.80. The number of rotatable bonds is 3. The van der Waals surface area contributed by atoms with E-state index in [1.54, 1.807) is 41.4 Å². The Hall–Kier alpha value is -3.48. The van der Waals surface area contributed by atoms with Gasteiger partial charge in [0.05, 0.1) is 23.6 Å². The van der Waals surface area contributed by atoms with Crippen LogP contribution in [0.4, 0.5) is 4.39 Å². The first kappa shape index (κ1) is 22.7. The summed E-state index contributed by atoms with van der Waals surface area (Å²) in [5.74, 6) is 0.480. The molecule has 1 saturated carbocycles. The minimum Gasteiger partial charge on any atom is -0.285 e. The Morgan fingerprint density at radius 1 is 1.00 bits per heavy atom. The fraction of sp³-hybridized carbons (Fsp3) is 0.346. The number of hydrogen-bond donors (Lipinski definition) is 0. The number of hydrogen-bond acceptors (Lipinski definition) is 5. The predicted molar refractivity (Wildman–Crippen MR) is 127 cm³/mol. The summed E-state index contributed by atoms with van der Waals surface area (Å²) in [5, 5.41) is 0. The average molecular weight is 446 g/mol. The van der Waals surface area contributed by atoms with Crippen LogP contribution < -0.4 is 5.56 Å². The molecule has 33 heavy (non-hydrogen) atoms. The molecule has 0 atom stereocenters. The molecule has 3 heterocycles. The second-order valence-electron chi connectivity index (χ2n) is 8.52. The van der Waals surface area contributed by atoms with Crippen LogP contribution in [-0.4, -0.2) is 24.5 Å². The van der Waals surface area contributed by atoms with Crippen molar-refractivity contribution in [2.75, 3.05) is 0 Å². The fourth-order valence-corrected chi connectivity index (χ4v) is 4.41. The molecule has 1 fully saturated rings. The zero-order valence-corrected chi connectivity index (χ0v) is 19.3. The summed E-state index contributed by atoms with van der Waals surface area (Å²) in [6, 6.07) is 8.57. The highest BCUT2D eigenvalue weighted by molar-refractivity contribution is 5.69. The van der Waals surface area contributed by atoms with Crippen LogP contribution in [0.2, 0.25) is 0 Å². The highest BCUT2D eigenvalue weighted by Gasteiger charge is 2.21. The van der Waals surface area contributed by atoms with Gasteiger partial charge in [-0.3, -0.25) is 24.3 Å². The number of benzene rings is 1. The Bertz CT molecular complexity index is 1310. The van der Waals surface area contributed by atoms with E-state index < -0.39 is 0 Å². The quantitative estimate of drug-likeness (QED) is 0.442. The van der Waals surface area contributed by atoms with Crippen LogP contribution in [0.3, 0.4) is 0 Å². The molecule has 1 aromatic carbocycles. The van der Waals surface area contributed by atoms with Gasteiger partial charge in [0.2, 0.25) is 0 Å². The van der Waals surface area contributed by atoms with Crippen LogP contribution in [0, 0.1) is 26.6 Å². The van der Waals surface area contributed by atoms with Crippen LogP contribution in [-0.2, 0) is 6.54 Å². The van der Waals surface area contributed by atoms with Crippen molar-refractivity contribution in [2.24, 2.45) is 0 Å². The molecule has 4 aromatic rings. The van der Waals surface area contributed by atoms with E-state index in [0.717, 1.165) is 28.2 Å². The van der Waals surface area contributed by atoms with Crippen molar-refractivity contribution in [1.29, 1.82) is 0 Å². The lowest BCUT2D eigenvalue weighted by molar-refractivity contribution is 0.577. The van der Waals surface area contributed by atoms with Gasteiger partial charge < -0.3 is 0 Å². The minimum atomic E-state index is -0.123. The third-order valence-corrected chi connectivity index (χ3v) is 6.13. The smallest absolute Gasteiger partial charge is 0.252 e. The fourth-order valence-electron chi connectivity index (χ4n) is 4.41. The van der Waals surface area contributed by atoms with Crippen molar-refractivity contribution in [3.8, 4) is 0 Å². The van der Waals surface area contributed by atoms with Gasteiger partial charge in [-0.1, -0.05) is 25.0 Å². The Morgan fingerprint density at radius 3 is 2.48 bits per heavy atom. The molecule has 170 valence electrons. The van der Waals surface area contributed by atoms with Gasteiger partial charge in [-0.25, -0.2) is 9.37 Å². The van der Waals surface area contributed by atoms with Gasteiger partial charge in [-0.05, 0) is 62.8 Å². The van der Waals surface area contributed by atoms with Gasteiger partial charge in [-0.2, -0.15) is 0 Å². The monoisotopic (exact) mass is 445 g/mol. The van der Waals surface area contributed by atoms with Crippen molar-refractivity contribution in [3.63, 3.8) is 0 Å². The Balaban J connectivity index is 0.000000172. The van der Waals surface area contributed by atoms with E-state index in [2.05, 4.69) is 19.9 Å². The number of halogens is 1. The maximum Gasteiger partial charge on any atom is 0.252 e. The summed E-state index contributed by atoms with van der Waals surface area (Å²) in [4.78, 5) is 29.3. The number of fused-ring (bicyclic) bond motifs is 1. The lowest BCUT2D eigenvalue weighted by atomic mass is 9.93. The van der Waals surface area contributed by atoms with E-state index in [0.29, 0.717) is 23.6 Å². The van der Waals surface area contributed by atoms with Gasteiger partial charge in [0, 0.05) is 24.7 Å². The normalized spacial score (nSPS) is 13.7. The molecule has 0 saturated heterocycles. The maximum absolute atomic E-state index is 13.5. The zero-order chi connectivity index (χ0) is 23.4. The molecule has 0 N–H and O–H groups in total. The standard InChI is InChI=1S/C14H13N5O.C12H15F/c1-9-7-17-11-3-4-13(20)19(14(11)18-9)8-12-10(2)15-5-6-16-12;1-9-5-4-8-11(13)12(9)10-6-2-3-7-10/h3-7H,8H2,1-2H3;4-5,8,10H,2-3,6-7H2,1H3. The molecule has 5 rings (SSSR count). The number of pyridine rings is 1. The molecule has 7 heteroatoms. The van der Waals surface area contributed by atoms with Crippen LogP contribution in [0.15, 0.2) is 53.7 Å². The molecule has 0 amide bonds. The highest BCUT2D eigenvalue weighted by atomic mass is 19.1. The van der Waals surface area contributed by atoms with E-state index in [4.69, 9.17) is 0 Å². The molecular weight excluding hydrogens is 417 g/mol. The number of aryl methyl sites for hydroxylation is 3. The molecular formula is C26H28FN5O. The SMILES string of the molecule is Cc1cccc(F)c1C1CCCC1.Cc1cnc2ccc(=O)n(Cc3nccnc3C)c2n1. The van der Waals surface area contributed by atoms with E-state index in [-0.39, 0.29) is 11.4 Å². The molecule has 0 spiro atoms. The van der Waals surface area contributed by atoms with Crippen molar-refractivity contribution >= 4 is 11.2 Å². The summed E-state index contributed by atoms with van der Waals surface area (Å²) in [7, 11) is 0. The van der Waals surface area contributed by atoms with Gasteiger partial charge in [-0.15, -0.1) is 0 Å². The Morgan fingerprint density at radius 2 is 1.76 bits per heavy atom. The third kappa shape index (κ3) is 5.13. The molecule has 1 aliphatic carbocycles. The van der Waals surface area contributed by atoms with Gasteiger partial charge >= 0.3 is 0 Å². The maximum atomic E-state index is 13.5. The largest absolute Gasteiger partial charge is 0.285 e. The first-order valence-corrected chi connectivity index (χ1v) is 11.3. The van der Waals surface area contributed by atoms with Gasteiger partial charge in [0.15, 0.2) is 5.65 Å². The molecule has 6 nitrogen and oxygen atoms in total. The summed E-state index contributed by atoms with van der Waals surface area (Å²) < 4.78 is 15.1. The van der Waals surface area contributed by atoms with Gasteiger partial charge in [0.25, 0.3) is 5.56 Å². The summed E-state index contributed by atoms with van der Waals surface area (Å²) in [5.41, 5.74) is 5.56. The molecule has 0 radical (unpaired) electrons. The van der Waals surface area contributed by atoms with Crippen molar-refractivity contribution < 1.29 is 4.39 Å². The van der Waals surface area contributed by atoms with Crippen molar-refractivity contribution in [3.05, 3.63) is 93.3 Å². The molecule has 0 bridgehead atoms. The molecule has 1 aliphatic rings. The highest BCUT2D eigenvalue weighted by Crippen LogP contribution is 2.36. The lowest BCUT2D eigenvalue weighted by Gasteiger charge is -2.13. The summed E-state index contributed by atoms with van der Waals surface area (Å²) >= 11 is 0. The Kier molecular flexibility index (Phi) is 6.87. The van der Waals surface area contributed by atoms with E-state index in [1.807, 2.05) is 26.8 Å². The van der Waals surface area contributed by atoms with E-state index >= 15 is 0 Å². The van der Waals surface area contributed by atoms with E-state index in [9.17, 15) is 9.18 Å². The Labute approximate surface area is 192 Å². The van der Waals surface area contributed by atoms with Crippen molar-refractivity contribution in [1.82, 2.24) is 24.5 Å². The van der Waals surface area contributed by atoms with Crippen molar-refractivity contribution in [2.45, 2.75) is 58.9 Å². The average Bonchev–Trinajstić information content (AvgIpc) is 3.32. The zero-order valence-electron chi connectivity index (χ0n) is 19.3. The second kappa shape index (κ2) is 9.98. The summed E-state index contributed by atoms with van der Waals surface area (Å²) in [6.45, 7) is 6.07. The van der Waals surface area contributed by atoms with E-state index in [1.165, 1.54) is 31.7 Å². The van der Waals surface area contributed by atoms with Crippen LogP contribution >= 0.6 is 0 Å². The second-order valence-corrected chi connectivity index (χ2v) is 8.52. The third-order valence-electron chi connectivity index (χ3n) is 6.13. The molecule has 0 unspecified atom stereocenters. The first-order chi connectivity index (χ1) is 15.9.